The molecule has 2 aromatic carbocycles. The van der Waals surface area contributed by atoms with Gasteiger partial charge in [0.1, 0.15) is 0 Å². The zero-order valence-corrected chi connectivity index (χ0v) is 18.9. The lowest BCUT2D eigenvalue weighted by Gasteiger charge is -2.34. The van der Waals surface area contributed by atoms with Crippen LogP contribution in [0.15, 0.2) is 71.9 Å². The van der Waals surface area contributed by atoms with Crippen LogP contribution < -0.4 is 9.47 Å². The average Bonchev–Trinajstić information content (AvgIpc) is 3.29. The van der Waals surface area contributed by atoms with Crippen molar-refractivity contribution in [1.29, 1.82) is 0 Å². The van der Waals surface area contributed by atoms with Crippen molar-refractivity contribution in [3.8, 4) is 17.2 Å². The van der Waals surface area contributed by atoms with E-state index in [9.17, 15) is 13.2 Å². The summed E-state index contributed by atoms with van der Waals surface area (Å²) in [5.41, 5.74) is 1.49. The average molecular weight is 468 g/mol. The van der Waals surface area contributed by atoms with Crippen molar-refractivity contribution >= 4 is 15.9 Å². The second kappa shape index (κ2) is 8.92. The minimum Gasteiger partial charge on any atom is -0.490 e. The first-order valence-corrected chi connectivity index (χ1v) is 12.4. The SMILES string of the molecule is O=C(c1cccc(-n2cccc2)c1)N1CCN(S(=O)(=O)c2ccc3c(c2)OCCCO3)CC1. The quantitative estimate of drug-likeness (QED) is 0.590. The maximum absolute atomic E-state index is 13.2. The van der Waals surface area contributed by atoms with E-state index in [0.717, 1.165) is 12.1 Å². The number of ether oxygens (including phenoxy) is 2. The van der Waals surface area contributed by atoms with Gasteiger partial charge in [0.2, 0.25) is 10.0 Å². The van der Waals surface area contributed by atoms with E-state index in [1.54, 1.807) is 23.1 Å². The van der Waals surface area contributed by atoms with Gasteiger partial charge in [-0.2, -0.15) is 4.31 Å². The molecule has 1 saturated heterocycles. The third-order valence-electron chi connectivity index (χ3n) is 5.88. The molecule has 0 radical (unpaired) electrons. The fourth-order valence-corrected chi connectivity index (χ4v) is 5.51. The number of hydrogen-bond acceptors (Lipinski definition) is 5. The summed E-state index contributed by atoms with van der Waals surface area (Å²) >= 11 is 0. The number of nitrogens with zero attached hydrogens (tertiary/aromatic N) is 3. The van der Waals surface area contributed by atoms with Crippen LogP contribution in [0.2, 0.25) is 0 Å². The van der Waals surface area contributed by atoms with Gasteiger partial charge in [-0.05, 0) is 42.5 Å². The summed E-state index contributed by atoms with van der Waals surface area (Å²) in [6, 6.07) is 16.0. The van der Waals surface area contributed by atoms with Gasteiger partial charge in [0, 0.05) is 62.3 Å². The van der Waals surface area contributed by atoms with Crippen molar-refractivity contribution in [2.24, 2.45) is 0 Å². The summed E-state index contributed by atoms with van der Waals surface area (Å²) in [5, 5.41) is 0. The lowest BCUT2D eigenvalue weighted by atomic mass is 10.1. The monoisotopic (exact) mass is 467 g/mol. The molecule has 1 aromatic heterocycles. The number of hydrogen-bond donors (Lipinski definition) is 0. The molecule has 8 nitrogen and oxygen atoms in total. The van der Waals surface area contributed by atoms with E-state index < -0.39 is 10.0 Å². The summed E-state index contributed by atoms with van der Waals surface area (Å²) in [6.07, 6.45) is 4.60. The molecule has 3 aromatic rings. The van der Waals surface area contributed by atoms with E-state index in [1.165, 1.54) is 10.4 Å². The Labute approximate surface area is 193 Å². The number of benzene rings is 2. The van der Waals surface area contributed by atoms with Crippen LogP contribution in [0.5, 0.6) is 11.5 Å². The molecule has 0 atom stereocenters. The third-order valence-corrected chi connectivity index (χ3v) is 7.77. The number of rotatable bonds is 4. The Morgan fingerprint density at radius 3 is 2.30 bits per heavy atom. The number of amides is 1. The van der Waals surface area contributed by atoms with Gasteiger partial charge in [0.05, 0.1) is 18.1 Å². The minimum atomic E-state index is -3.70. The van der Waals surface area contributed by atoms with Crippen LogP contribution in [0.25, 0.3) is 5.69 Å². The zero-order valence-electron chi connectivity index (χ0n) is 18.1. The van der Waals surface area contributed by atoms with Crippen molar-refractivity contribution in [3.63, 3.8) is 0 Å². The second-order valence-corrected chi connectivity index (χ2v) is 9.93. The number of carbonyl (C=O) groups is 1. The maximum atomic E-state index is 13.2. The van der Waals surface area contributed by atoms with E-state index in [-0.39, 0.29) is 23.9 Å². The largest absolute Gasteiger partial charge is 0.490 e. The Morgan fingerprint density at radius 1 is 0.818 bits per heavy atom. The Kier molecular flexibility index (Phi) is 5.82. The van der Waals surface area contributed by atoms with E-state index in [1.807, 2.05) is 47.3 Å². The smallest absolute Gasteiger partial charge is 0.254 e. The fraction of sp³-hybridized carbons (Fsp3) is 0.292. The molecule has 0 unspecified atom stereocenters. The van der Waals surface area contributed by atoms with Crippen molar-refractivity contribution < 1.29 is 22.7 Å². The first kappa shape index (κ1) is 21.5. The Hall–Kier alpha value is -3.30. The molecule has 2 aliphatic heterocycles. The van der Waals surface area contributed by atoms with Crippen LogP contribution in [0.1, 0.15) is 16.8 Å². The van der Waals surface area contributed by atoms with Crippen LogP contribution in [-0.2, 0) is 10.0 Å². The normalized spacial score (nSPS) is 16.9. The minimum absolute atomic E-state index is 0.100. The van der Waals surface area contributed by atoms with Gasteiger partial charge in [0.25, 0.3) is 5.91 Å². The zero-order chi connectivity index (χ0) is 22.8. The maximum Gasteiger partial charge on any atom is 0.254 e. The van der Waals surface area contributed by atoms with Crippen LogP contribution in [-0.4, -0.2) is 67.5 Å². The molecule has 0 bridgehead atoms. The van der Waals surface area contributed by atoms with Crippen molar-refractivity contribution in [2.45, 2.75) is 11.3 Å². The highest BCUT2D eigenvalue weighted by molar-refractivity contribution is 7.89. The van der Waals surface area contributed by atoms with Gasteiger partial charge in [-0.3, -0.25) is 4.79 Å². The van der Waals surface area contributed by atoms with Crippen LogP contribution >= 0.6 is 0 Å². The molecular weight excluding hydrogens is 442 g/mol. The summed E-state index contributed by atoms with van der Waals surface area (Å²) in [4.78, 5) is 14.9. The van der Waals surface area contributed by atoms with Gasteiger partial charge in [-0.15, -0.1) is 0 Å². The van der Waals surface area contributed by atoms with Crippen molar-refractivity contribution in [3.05, 3.63) is 72.6 Å². The highest BCUT2D eigenvalue weighted by Gasteiger charge is 2.31. The number of fused-ring (bicyclic) bond motifs is 1. The highest BCUT2D eigenvalue weighted by atomic mass is 32.2. The van der Waals surface area contributed by atoms with E-state index in [0.29, 0.717) is 43.4 Å². The molecule has 1 amide bonds. The highest BCUT2D eigenvalue weighted by Crippen LogP contribution is 2.33. The number of aromatic nitrogens is 1. The van der Waals surface area contributed by atoms with E-state index in [2.05, 4.69) is 0 Å². The first-order chi connectivity index (χ1) is 16.0. The van der Waals surface area contributed by atoms with Crippen LogP contribution in [0.4, 0.5) is 0 Å². The second-order valence-electron chi connectivity index (χ2n) is 8.00. The van der Waals surface area contributed by atoms with Crippen LogP contribution in [0.3, 0.4) is 0 Å². The third kappa shape index (κ3) is 4.34. The summed E-state index contributed by atoms with van der Waals surface area (Å²) < 4.78 is 41.0. The molecule has 5 rings (SSSR count). The summed E-state index contributed by atoms with van der Waals surface area (Å²) in [6.45, 7) is 2.17. The summed E-state index contributed by atoms with van der Waals surface area (Å²) in [5.74, 6) is 0.908. The van der Waals surface area contributed by atoms with Gasteiger partial charge in [-0.1, -0.05) is 6.07 Å². The molecule has 3 heterocycles. The molecule has 0 aliphatic carbocycles. The topological polar surface area (TPSA) is 81.1 Å². The lowest BCUT2D eigenvalue weighted by molar-refractivity contribution is 0.0698. The van der Waals surface area contributed by atoms with E-state index in [4.69, 9.17) is 9.47 Å². The predicted molar refractivity (Wildman–Crippen MR) is 122 cm³/mol. The molecule has 2 aliphatic rings. The number of carbonyl (C=O) groups excluding carboxylic acids is 1. The van der Waals surface area contributed by atoms with Gasteiger partial charge < -0.3 is 18.9 Å². The number of sulfonamides is 1. The Bertz CT molecular complexity index is 1250. The first-order valence-electron chi connectivity index (χ1n) is 10.9. The molecule has 0 N–H and O–H groups in total. The molecule has 9 heteroatoms. The predicted octanol–water partition coefficient (Wildman–Crippen LogP) is 2.79. The lowest BCUT2D eigenvalue weighted by Crippen LogP contribution is -2.50. The molecular formula is C24H25N3O5S. The molecule has 172 valence electrons. The molecule has 1 fully saturated rings. The van der Waals surface area contributed by atoms with Gasteiger partial charge in [0.15, 0.2) is 11.5 Å². The molecule has 0 saturated carbocycles. The molecule has 33 heavy (non-hydrogen) atoms. The number of piperazine rings is 1. The Morgan fingerprint density at radius 2 is 1.55 bits per heavy atom. The fourth-order valence-electron chi connectivity index (χ4n) is 4.07. The van der Waals surface area contributed by atoms with Crippen molar-refractivity contribution in [1.82, 2.24) is 13.8 Å². The Balaban J connectivity index is 1.27. The van der Waals surface area contributed by atoms with Gasteiger partial charge >= 0.3 is 0 Å². The standard InChI is InChI=1S/C24H25N3O5S/c28-24(19-5-3-6-20(17-19)25-9-1-2-10-25)26-11-13-27(14-12-26)33(29,30)21-7-8-22-23(18-21)32-16-4-15-31-22/h1-3,5-10,17-18H,4,11-16H2. The van der Waals surface area contributed by atoms with Crippen molar-refractivity contribution in [2.75, 3.05) is 39.4 Å². The van der Waals surface area contributed by atoms with Crippen LogP contribution in [0, 0.1) is 0 Å². The van der Waals surface area contributed by atoms with Gasteiger partial charge in [-0.25, -0.2) is 8.42 Å². The molecule has 0 spiro atoms. The summed E-state index contributed by atoms with van der Waals surface area (Å²) in [7, 11) is -3.70. The van der Waals surface area contributed by atoms with E-state index >= 15 is 0 Å².